The maximum Gasteiger partial charge on any atom is 0.307 e. The number of hydrogen-bond acceptors (Lipinski definition) is 2. The average Bonchev–Trinajstić information content (AvgIpc) is 2.26. The smallest absolute Gasteiger partial charge is 0.307 e. The Kier molecular flexibility index (Phi) is 4.51. The molecule has 0 saturated carbocycles. The zero-order valence-corrected chi connectivity index (χ0v) is 9.19. The molecule has 4 heteroatoms. The van der Waals surface area contributed by atoms with Crippen LogP contribution in [-0.4, -0.2) is 17.0 Å². The van der Waals surface area contributed by atoms with Gasteiger partial charge in [0.25, 0.3) is 0 Å². The molecule has 0 aromatic heterocycles. The number of hydrogen-bond donors (Lipinski definition) is 2. The van der Waals surface area contributed by atoms with E-state index >= 15 is 0 Å². The second-order valence-corrected chi connectivity index (χ2v) is 3.47. The molecule has 0 aliphatic heterocycles. The van der Waals surface area contributed by atoms with Gasteiger partial charge in [0.05, 0.1) is 6.42 Å². The number of carbonyl (C=O) groups excluding carboxylic acids is 1. The number of nitrogens with one attached hydrogen (secondary N) is 1. The Morgan fingerprint density at radius 3 is 2.44 bits per heavy atom. The van der Waals surface area contributed by atoms with Crippen LogP contribution in [0.4, 0.5) is 0 Å². The number of benzene rings is 1. The van der Waals surface area contributed by atoms with E-state index in [0.717, 1.165) is 11.1 Å². The van der Waals surface area contributed by atoms with E-state index in [-0.39, 0.29) is 12.3 Å². The molecule has 1 aromatic rings. The Labute approximate surface area is 94.3 Å². The van der Waals surface area contributed by atoms with Gasteiger partial charge in [0.2, 0.25) is 5.91 Å². The maximum absolute atomic E-state index is 11.1. The summed E-state index contributed by atoms with van der Waals surface area (Å²) in [7, 11) is 0. The minimum atomic E-state index is -0.866. The third-order valence-corrected chi connectivity index (χ3v) is 2.26. The van der Waals surface area contributed by atoms with Gasteiger partial charge in [-0.25, -0.2) is 0 Å². The third kappa shape index (κ3) is 3.73. The first-order valence-electron chi connectivity index (χ1n) is 5.18. The van der Waals surface area contributed by atoms with Crippen LogP contribution in [0.2, 0.25) is 0 Å². The molecule has 86 valence electrons. The molecule has 0 spiro atoms. The highest BCUT2D eigenvalue weighted by Gasteiger charge is 2.06. The van der Waals surface area contributed by atoms with Crippen LogP contribution in [0.1, 0.15) is 24.5 Å². The number of amides is 1. The van der Waals surface area contributed by atoms with Gasteiger partial charge in [-0.3, -0.25) is 9.59 Å². The van der Waals surface area contributed by atoms with E-state index in [2.05, 4.69) is 5.32 Å². The molecule has 16 heavy (non-hydrogen) atoms. The highest BCUT2D eigenvalue weighted by atomic mass is 16.4. The molecule has 0 aliphatic rings. The number of aliphatic carboxylic acids is 1. The zero-order chi connectivity index (χ0) is 12.0. The summed E-state index contributed by atoms with van der Waals surface area (Å²) >= 11 is 0. The number of carbonyl (C=O) groups is 2. The van der Waals surface area contributed by atoms with Gasteiger partial charge in [0, 0.05) is 13.0 Å². The molecule has 0 atom stereocenters. The van der Waals surface area contributed by atoms with Crippen LogP contribution in [0.25, 0.3) is 0 Å². The molecule has 0 bridgehead atoms. The van der Waals surface area contributed by atoms with Crippen molar-refractivity contribution in [2.75, 3.05) is 0 Å². The summed E-state index contributed by atoms with van der Waals surface area (Å²) in [6, 6.07) is 7.22. The monoisotopic (exact) mass is 221 g/mol. The molecule has 0 radical (unpaired) electrons. The van der Waals surface area contributed by atoms with Gasteiger partial charge in [-0.05, 0) is 11.1 Å². The number of carboxylic acid groups (broad SMARTS) is 1. The van der Waals surface area contributed by atoms with E-state index in [1.54, 1.807) is 19.1 Å². The fourth-order valence-electron chi connectivity index (χ4n) is 1.38. The summed E-state index contributed by atoms with van der Waals surface area (Å²) < 4.78 is 0. The summed E-state index contributed by atoms with van der Waals surface area (Å²) in [5, 5.41) is 11.5. The van der Waals surface area contributed by atoms with Gasteiger partial charge in [-0.1, -0.05) is 31.2 Å². The molecule has 2 N–H and O–H groups in total. The summed E-state index contributed by atoms with van der Waals surface area (Å²) in [5.74, 6) is -0.903. The van der Waals surface area contributed by atoms with Crippen LogP contribution < -0.4 is 5.32 Å². The molecule has 1 aromatic carbocycles. The summed E-state index contributed by atoms with van der Waals surface area (Å²) in [4.78, 5) is 21.7. The Bertz CT molecular complexity index is 388. The van der Waals surface area contributed by atoms with Gasteiger partial charge < -0.3 is 10.4 Å². The quantitative estimate of drug-likeness (QED) is 0.788. The van der Waals surface area contributed by atoms with E-state index in [9.17, 15) is 9.59 Å². The lowest BCUT2D eigenvalue weighted by atomic mass is 10.0. The van der Waals surface area contributed by atoms with E-state index in [1.807, 2.05) is 12.1 Å². The van der Waals surface area contributed by atoms with Crippen molar-refractivity contribution < 1.29 is 14.7 Å². The summed E-state index contributed by atoms with van der Waals surface area (Å²) in [6.07, 6.45) is 0.416. The summed E-state index contributed by atoms with van der Waals surface area (Å²) in [5.41, 5.74) is 1.60. The van der Waals surface area contributed by atoms with Gasteiger partial charge in [0.1, 0.15) is 0 Å². The van der Waals surface area contributed by atoms with Gasteiger partial charge in [-0.2, -0.15) is 0 Å². The zero-order valence-electron chi connectivity index (χ0n) is 9.19. The molecule has 0 saturated heterocycles. The van der Waals surface area contributed by atoms with Gasteiger partial charge in [-0.15, -0.1) is 0 Å². The Hall–Kier alpha value is -1.84. The molecule has 1 rings (SSSR count). The molecular weight excluding hydrogens is 206 g/mol. The average molecular weight is 221 g/mol. The summed E-state index contributed by atoms with van der Waals surface area (Å²) in [6.45, 7) is 2.16. The van der Waals surface area contributed by atoms with Crippen molar-refractivity contribution >= 4 is 11.9 Å². The maximum atomic E-state index is 11.1. The van der Waals surface area contributed by atoms with Crippen molar-refractivity contribution in [1.82, 2.24) is 5.32 Å². The SMILES string of the molecule is CCC(=O)NCc1ccccc1CC(=O)O. The van der Waals surface area contributed by atoms with Crippen LogP contribution in [-0.2, 0) is 22.6 Å². The van der Waals surface area contributed by atoms with E-state index < -0.39 is 5.97 Å². The third-order valence-electron chi connectivity index (χ3n) is 2.26. The van der Waals surface area contributed by atoms with Crippen molar-refractivity contribution in [2.24, 2.45) is 0 Å². The lowest BCUT2D eigenvalue weighted by Gasteiger charge is -2.08. The minimum absolute atomic E-state index is 0.0157. The topological polar surface area (TPSA) is 66.4 Å². The standard InChI is InChI=1S/C12H15NO3/c1-2-11(14)13-8-10-6-4-3-5-9(10)7-12(15)16/h3-6H,2,7-8H2,1H3,(H,13,14)(H,15,16). The van der Waals surface area contributed by atoms with E-state index in [4.69, 9.17) is 5.11 Å². The van der Waals surface area contributed by atoms with Crippen LogP contribution >= 0.6 is 0 Å². The molecule has 0 aliphatic carbocycles. The van der Waals surface area contributed by atoms with Crippen LogP contribution in [0.15, 0.2) is 24.3 Å². The van der Waals surface area contributed by atoms with E-state index in [0.29, 0.717) is 13.0 Å². The first-order valence-corrected chi connectivity index (χ1v) is 5.18. The Morgan fingerprint density at radius 1 is 1.25 bits per heavy atom. The molecule has 4 nitrogen and oxygen atoms in total. The Morgan fingerprint density at radius 2 is 1.88 bits per heavy atom. The van der Waals surface area contributed by atoms with Gasteiger partial charge in [0.15, 0.2) is 0 Å². The first-order chi connectivity index (χ1) is 7.63. The van der Waals surface area contributed by atoms with Gasteiger partial charge >= 0.3 is 5.97 Å². The van der Waals surface area contributed by atoms with Crippen molar-refractivity contribution in [1.29, 1.82) is 0 Å². The van der Waals surface area contributed by atoms with Crippen LogP contribution in [0.5, 0.6) is 0 Å². The molecule has 0 fully saturated rings. The van der Waals surface area contributed by atoms with Crippen LogP contribution in [0, 0.1) is 0 Å². The van der Waals surface area contributed by atoms with Crippen molar-refractivity contribution in [2.45, 2.75) is 26.3 Å². The molecule has 0 unspecified atom stereocenters. The normalized spacial score (nSPS) is 9.81. The molecular formula is C12H15NO3. The van der Waals surface area contributed by atoms with E-state index in [1.165, 1.54) is 0 Å². The molecule has 1 amide bonds. The second kappa shape index (κ2) is 5.90. The fraction of sp³-hybridized carbons (Fsp3) is 0.333. The van der Waals surface area contributed by atoms with Crippen molar-refractivity contribution in [3.05, 3.63) is 35.4 Å². The molecule has 0 heterocycles. The predicted molar refractivity (Wildman–Crippen MR) is 59.9 cm³/mol. The minimum Gasteiger partial charge on any atom is -0.481 e. The lowest BCUT2D eigenvalue weighted by Crippen LogP contribution is -2.22. The largest absolute Gasteiger partial charge is 0.481 e. The second-order valence-electron chi connectivity index (χ2n) is 3.47. The Balaban J connectivity index is 2.70. The van der Waals surface area contributed by atoms with Crippen molar-refractivity contribution in [3.63, 3.8) is 0 Å². The van der Waals surface area contributed by atoms with Crippen molar-refractivity contribution in [3.8, 4) is 0 Å². The fourth-order valence-corrected chi connectivity index (χ4v) is 1.38. The predicted octanol–water partition coefficient (Wildman–Crippen LogP) is 1.34. The highest BCUT2D eigenvalue weighted by Crippen LogP contribution is 2.09. The number of rotatable bonds is 5. The number of carboxylic acids is 1. The first kappa shape index (κ1) is 12.2. The van der Waals surface area contributed by atoms with Crippen LogP contribution in [0.3, 0.4) is 0 Å². The highest BCUT2D eigenvalue weighted by molar-refractivity contribution is 5.75. The lowest BCUT2D eigenvalue weighted by molar-refractivity contribution is -0.136.